The van der Waals surface area contributed by atoms with Crippen molar-refractivity contribution in [2.75, 3.05) is 44.2 Å². The topological polar surface area (TPSA) is 71.0 Å². The molecule has 2 aromatic rings. The van der Waals surface area contributed by atoms with E-state index in [0.29, 0.717) is 13.0 Å². The average molecular weight is 650 g/mol. The van der Waals surface area contributed by atoms with Gasteiger partial charge in [0, 0.05) is 44.0 Å². The van der Waals surface area contributed by atoms with Gasteiger partial charge in [-0.3, -0.25) is 4.90 Å². The summed E-state index contributed by atoms with van der Waals surface area (Å²) in [5.74, 6) is -1.12. The number of hydrogen-bond donors (Lipinski definition) is 0. The van der Waals surface area contributed by atoms with Crippen LogP contribution in [-0.2, 0) is 10.9 Å². The second-order valence-electron chi connectivity index (χ2n) is 12.1. The number of halogens is 6. The van der Waals surface area contributed by atoms with Crippen molar-refractivity contribution < 1.29 is 36.2 Å². The van der Waals surface area contributed by atoms with Crippen LogP contribution < -0.4 is 9.64 Å². The van der Waals surface area contributed by atoms with Crippen LogP contribution in [0.25, 0.3) is 10.9 Å². The summed E-state index contributed by atoms with van der Waals surface area (Å²) in [7, 11) is 0. The zero-order valence-corrected chi connectivity index (χ0v) is 24.9. The van der Waals surface area contributed by atoms with Gasteiger partial charge in [0.1, 0.15) is 29.7 Å². The van der Waals surface area contributed by atoms with E-state index in [2.05, 4.69) is 25.9 Å². The smallest absolute Gasteiger partial charge is 0.417 e. The molecule has 1 aromatic heterocycles. The van der Waals surface area contributed by atoms with E-state index in [1.165, 1.54) is 0 Å². The van der Waals surface area contributed by atoms with Gasteiger partial charge in [0.25, 0.3) is 0 Å². The van der Waals surface area contributed by atoms with Crippen LogP contribution in [0, 0.1) is 5.82 Å². The molecule has 226 valence electrons. The largest absolute Gasteiger partial charge is 0.461 e. The van der Waals surface area contributed by atoms with Crippen LogP contribution in [0.1, 0.15) is 52.5 Å². The highest BCUT2D eigenvalue weighted by atomic mass is 79.9. The summed E-state index contributed by atoms with van der Waals surface area (Å²) in [5.41, 5.74) is -2.74. The maximum atomic E-state index is 15.5. The molecule has 1 amide bonds. The quantitative estimate of drug-likeness (QED) is 0.379. The Kier molecular flexibility index (Phi) is 7.80. The summed E-state index contributed by atoms with van der Waals surface area (Å²) >= 11 is 2.76. The van der Waals surface area contributed by atoms with Gasteiger partial charge < -0.3 is 19.3 Å². The van der Waals surface area contributed by atoms with Crippen LogP contribution in [-0.4, -0.2) is 88.5 Å². The maximum absolute atomic E-state index is 15.5. The molecule has 41 heavy (non-hydrogen) atoms. The second kappa shape index (κ2) is 10.7. The van der Waals surface area contributed by atoms with E-state index in [4.69, 9.17) is 9.47 Å². The highest BCUT2D eigenvalue weighted by molar-refractivity contribution is 9.10. The van der Waals surface area contributed by atoms with Gasteiger partial charge in [-0.2, -0.15) is 23.1 Å². The molecule has 14 heteroatoms. The van der Waals surface area contributed by atoms with Crippen LogP contribution in [0.2, 0.25) is 0 Å². The van der Waals surface area contributed by atoms with Gasteiger partial charge in [0.15, 0.2) is 5.82 Å². The third kappa shape index (κ3) is 5.91. The maximum Gasteiger partial charge on any atom is 0.417 e. The molecule has 3 aliphatic heterocycles. The first kappa shape index (κ1) is 30.0. The van der Waals surface area contributed by atoms with E-state index in [0.717, 1.165) is 25.5 Å². The standard InChI is InChI=1S/C27H33BrF5N5O3/c1-15-12-36(8-9-38(15)24(39)41-25(2,3)4)22-17-10-18(27(31,32)33)19(28)20(30)21(17)34-23(35-22)40-14-26-6-5-7-37(26)13-16(29)11-26/h10,15-16H,5-9,11-14H2,1-4H3. The number of ether oxygens (including phenoxy) is 2. The number of amides is 1. The van der Waals surface area contributed by atoms with E-state index >= 15 is 4.39 Å². The highest BCUT2D eigenvalue weighted by Gasteiger charge is 2.49. The van der Waals surface area contributed by atoms with Gasteiger partial charge in [0.2, 0.25) is 0 Å². The summed E-state index contributed by atoms with van der Waals surface area (Å²) < 4.78 is 81.9. The SMILES string of the molecule is CC1CN(c2nc(OCC34CCCN3CC(F)C4)nc3c(F)c(Br)c(C(F)(F)F)cc23)CCN1C(=O)OC(C)(C)C. The molecule has 0 aliphatic carbocycles. The summed E-state index contributed by atoms with van der Waals surface area (Å²) in [6, 6.07) is 0.235. The van der Waals surface area contributed by atoms with E-state index in [-0.39, 0.29) is 55.0 Å². The van der Waals surface area contributed by atoms with Crippen molar-refractivity contribution in [2.45, 2.75) is 76.5 Å². The molecule has 3 unspecified atom stereocenters. The summed E-state index contributed by atoms with van der Waals surface area (Å²) in [6.07, 6.45) is -4.40. The normalized spacial score (nSPS) is 25.6. The molecular weight excluding hydrogens is 617 g/mol. The summed E-state index contributed by atoms with van der Waals surface area (Å²) in [5, 5.41) is -0.131. The van der Waals surface area contributed by atoms with Crippen LogP contribution in [0.4, 0.5) is 32.6 Å². The Balaban J connectivity index is 1.51. The van der Waals surface area contributed by atoms with Gasteiger partial charge in [-0.1, -0.05) is 0 Å². The minimum atomic E-state index is -4.83. The van der Waals surface area contributed by atoms with E-state index < -0.39 is 45.4 Å². The molecule has 0 saturated carbocycles. The number of anilines is 1. The number of hydrogen-bond acceptors (Lipinski definition) is 7. The highest BCUT2D eigenvalue weighted by Crippen LogP contribution is 2.43. The van der Waals surface area contributed by atoms with Crippen LogP contribution in [0.3, 0.4) is 0 Å². The minimum absolute atomic E-state index is 0.0631. The second-order valence-corrected chi connectivity index (χ2v) is 12.9. The van der Waals surface area contributed by atoms with Crippen molar-refractivity contribution in [1.82, 2.24) is 19.8 Å². The van der Waals surface area contributed by atoms with Crippen molar-refractivity contribution in [3.8, 4) is 6.01 Å². The fourth-order valence-electron chi connectivity index (χ4n) is 6.07. The first-order valence-corrected chi connectivity index (χ1v) is 14.4. The van der Waals surface area contributed by atoms with Crippen LogP contribution in [0.5, 0.6) is 6.01 Å². The van der Waals surface area contributed by atoms with E-state index in [1.54, 1.807) is 37.5 Å². The summed E-state index contributed by atoms with van der Waals surface area (Å²) in [4.78, 5) is 26.7. The minimum Gasteiger partial charge on any atom is -0.461 e. The molecule has 0 N–H and O–H groups in total. The number of carbonyl (C=O) groups excluding carboxylic acids is 1. The number of nitrogens with zero attached hydrogens (tertiary/aromatic N) is 5. The number of rotatable bonds is 4. The Bertz CT molecular complexity index is 1340. The molecule has 3 aliphatic rings. The molecule has 8 nitrogen and oxygen atoms in total. The molecule has 1 aromatic carbocycles. The van der Waals surface area contributed by atoms with Crippen molar-refractivity contribution in [3.05, 3.63) is 21.9 Å². The molecule has 3 saturated heterocycles. The van der Waals surface area contributed by atoms with Crippen LogP contribution in [0.15, 0.2) is 10.5 Å². The predicted octanol–water partition coefficient (Wildman–Crippen LogP) is 5.95. The van der Waals surface area contributed by atoms with Gasteiger partial charge in [-0.05, 0) is 69.1 Å². The number of benzene rings is 1. The lowest BCUT2D eigenvalue weighted by Gasteiger charge is -2.41. The third-order valence-corrected chi connectivity index (χ3v) is 8.70. The Hall–Kier alpha value is -2.48. The number of piperazine rings is 1. The first-order valence-electron chi connectivity index (χ1n) is 13.6. The predicted molar refractivity (Wildman–Crippen MR) is 145 cm³/mol. The Morgan fingerprint density at radius 2 is 1.90 bits per heavy atom. The molecule has 3 fully saturated rings. The zero-order chi connectivity index (χ0) is 29.9. The van der Waals surface area contributed by atoms with Crippen molar-refractivity contribution in [3.63, 3.8) is 0 Å². The number of alkyl halides is 4. The molecule has 0 spiro atoms. The van der Waals surface area contributed by atoms with Crippen molar-refractivity contribution >= 4 is 38.7 Å². The fraction of sp³-hybridized carbons (Fsp3) is 0.667. The van der Waals surface area contributed by atoms with Gasteiger partial charge in [-0.15, -0.1) is 0 Å². The fourth-order valence-corrected chi connectivity index (χ4v) is 6.60. The Morgan fingerprint density at radius 3 is 2.56 bits per heavy atom. The molecule has 4 heterocycles. The zero-order valence-electron chi connectivity index (χ0n) is 23.3. The lowest BCUT2D eigenvalue weighted by atomic mass is 9.95. The van der Waals surface area contributed by atoms with Crippen molar-refractivity contribution in [1.29, 1.82) is 0 Å². The Labute approximate surface area is 243 Å². The van der Waals surface area contributed by atoms with Gasteiger partial charge in [0.05, 0.1) is 15.6 Å². The number of fused-ring (bicyclic) bond motifs is 2. The van der Waals surface area contributed by atoms with Crippen LogP contribution >= 0.6 is 15.9 Å². The van der Waals surface area contributed by atoms with Gasteiger partial charge >= 0.3 is 18.3 Å². The molecule has 5 rings (SSSR count). The molecule has 3 atom stereocenters. The van der Waals surface area contributed by atoms with Gasteiger partial charge in [-0.25, -0.2) is 13.6 Å². The van der Waals surface area contributed by atoms with E-state index in [9.17, 15) is 22.4 Å². The molecule has 0 radical (unpaired) electrons. The molecular formula is C27H33BrF5N5O3. The lowest BCUT2D eigenvalue weighted by Crippen LogP contribution is -2.55. The first-order chi connectivity index (χ1) is 19.1. The third-order valence-electron chi connectivity index (χ3n) is 7.92. The van der Waals surface area contributed by atoms with Crippen molar-refractivity contribution in [2.24, 2.45) is 0 Å². The lowest BCUT2D eigenvalue weighted by molar-refractivity contribution is -0.138. The number of carbonyl (C=O) groups is 1. The monoisotopic (exact) mass is 649 g/mol. The summed E-state index contributed by atoms with van der Waals surface area (Å²) in [6.45, 7) is 8.81. The Morgan fingerprint density at radius 1 is 1.17 bits per heavy atom. The average Bonchev–Trinajstić information content (AvgIpc) is 3.38. The van der Waals surface area contributed by atoms with E-state index in [1.807, 2.05) is 4.90 Å². The number of aromatic nitrogens is 2. The molecule has 0 bridgehead atoms.